The average Bonchev–Trinajstić information content (AvgIpc) is 3.01. The third-order valence-electron chi connectivity index (χ3n) is 2.89. The second-order valence-electron chi connectivity index (χ2n) is 4.26. The molecule has 1 unspecified atom stereocenters. The Labute approximate surface area is 95.4 Å². The summed E-state index contributed by atoms with van der Waals surface area (Å²) < 4.78 is 10.8. The van der Waals surface area contributed by atoms with Crippen molar-refractivity contribution < 1.29 is 14.3 Å². The molecular formula is C13H16O3. The largest absolute Gasteiger partial charge is 0.490 e. The van der Waals surface area contributed by atoms with Crippen molar-refractivity contribution in [3.63, 3.8) is 0 Å². The highest BCUT2D eigenvalue weighted by Gasteiger charge is 2.24. The standard InChI is InChI=1S/C13H16O3/c1-8-4-9(2)13(10(3)12(8)5-14)16-7-11-6-15-11/h4-5,11H,6-7H2,1-3H3. The molecule has 86 valence electrons. The number of rotatable bonds is 4. The lowest BCUT2D eigenvalue weighted by Crippen LogP contribution is -2.08. The summed E-state index contributed by atoms with van der Waals surface area (Å²) in [6.07, 6.45) is 1.13. The van der Waals surface area contributed by atoms with Gasteiger partial charge < -0.3 is 9.47 Å². The van der Waals surface area contributed by atoms with Crippen LogP contribution in [0, 0.1) is 20.8 Å². The maximum atomic E-state index is 11.0. The van der Waals surface area contributed by atoms with E-state index < -0.39 is 0 Å². The van der Waals surface area contributed by atoms with Gasteiger partial charge in [0.05, 0.1) is 6.61 Å². The van der Waals surface area contributed by atoms with Crippen LogP contribution in [-0.2, 0) is 4.74 Å². The van der Waals surface area contributed by atoms with Crippen LogP contribution in [0.5, 0.6) is 5.75 Å². The fourth-order valence-corrected chi connectivity index (χ4v) is 1.93. The number of hydrogen-bond donors (Lipinski definition) is 0. The van der Waals surface area contributed by atoms with Crippen molar-refractivity contribution in [1.82, 2.24) is 0 Å². The Morgan fingerprint density at radius 2 is 2.12 bits per heavy atom. The van der Waals surface area contributed by atoms with Gasteiger partial charge in [-0.15, -0.1) is 0 Å². The summed E-state index contributed by atoms with van der Waals surface area (Å²) in [6, 6.07) is 1.99. The van der Waals surface area contributed by atoms with E-state index in [1.54, 1.807) is 0 Å². The molecule has 1 aliphatic heterocycles. The van der Waals surface area contributed by atoms with Crippen molar-refractivity contribution >= 4 is 6.29 Å². The van der Waals surface area contributed by atoms with E-state index in [0.717, 1.165) is 40.9 Å². The molecule has 0 aromatic heterocycles. The molecule has 0 amide bonds. The van der Waals surface area contributed by atoms with Gasteiger partial charge in [-0.05, 0) is 31.9 Å². The third kappa shape index (κ3) is 2.09. The Balaban J connectivity index is 2.30. The molecule has 1 aliphatic rings. The SMILES string of the molecule is Cc1cc(C)c(OCC2CO2)c(C)c1C=O. The fraction of sp³-hybridized carbons (Fsp3) is 0.462. The molecule has 3 heteroatoms. The van der Waals surface area contributed by atoms with Crippen LogP contribution in [0.15, 0.2) is 6.07 Å². The first-order valence-electron chi connectivity index (χ1n) is 5.44. The molecule has 16 heavy (non-hydrogen) atoms. The number of carbonyl (C=O) groups is 1. The van der Waals surface area contributed by atoms with E-state index in [1.807, 2.05) is 26.8 Å². The van der Waals surface area contributed by atoms with E-state index in [9.17, 15) is 4.79 Å². The molecule has 1 heterocycles. The number of carbonyl (C=O) groups excluding carboxylic acids is 1. The van der Waals surface area contributed by atoms with Gasteiger partial charge in [0.25, 0.3) is 0 Å². The van der Waals surface area contributed by atoms with E-state index in [1.165, 1.54) is 0 Å². The van der Waals surface area contributed by atoms with Gasteiger partial charge in [-0.1, -0.05) is 6.07 Å². The third-order valence-corrected chi connectivity index (χ3v) is 2.89. The van der Waals surface area contributed by atoms with Crippen molar-refractivity contribution in [3.8, 4) is 5.75 Å². The monoisotopic (exact) mass is 220 g/mol. The minimum absolute atomic E-state index is 0.236. The maximum Gasteiger partial charge on any atom is 0.150 e. The second kappa shape index (κ2) is 4.26. The normalized spacial score (nSPS) is 18.3. The van der Waals surface area contributed by atoms with Crippen molar-refractivity contribution in [1.29, 1.82) is 0 Å². The van der Waals surface area contributed by atoms with Crippen LogP contribution >= 0.6 is 0 Å². The average molecular weight is 220 g/mol. The van der Waals surface area contributed by atoms with Crippen molar-refractivity contribution in [2.75, 3.05) is 13.2 Å². The van der Waals surface area contributed by atoms with Crippen LogP contribution in [-0.4, -0.2) is 25.6 Å². The van der Waals surface area contributed by atoms with Gasteiger partial charge in [-0.25, -0.2) is 0 Å². The molecule has 1 saturated heterocycles. The van der Waals surface area contributed by atoms with E-state index in [4.69, 9.17) is 9.47 Å². The van der Waals surface area contributed by atoms with Crippen molar-refractivity contribution in [2.45, 2.75) is 26.9 Å². The highest BCUT2D eigenvalue weighted by molar-refractivity contribution is 5.81. The molecule has 0 aliphatic carbocycles. The first kappa shape index (κ1) is 11.1. The lowest BCUT2D eigenvalue weighted by Gasteiger charge is -2.14. The Kier molecular flexibility index (Phi) is 2.97. The maximum absolute atomic E-state index is 11.0. The zero-order chi connectivity index (χ0) is 11.7. The quantitative estimate of drug-likeness (QED) is 0.576. The van der Waals surface area contributed by atoms with Crippen LogP contribution in [0.2, 0.25) is 0 Å². The first-order chi connectivity index (χ1) is 7.63. The lowest BCUT2D eigenvalue weighted by atomic mass is 9.99. The zero-order valence-corrected chi connectivity index (χ0v) is 9.87. The number of aryl methyl sites for hydroxylation is 2. The Bertz CT molecular complexity index is 420. The van der Waals surface area contributed by atoms with Gasteiger partial charge in [-0.2, -0.15) is 0 Å². The molecule has 0 bridgehead atoms. The summed E-state index contributed by atoms with van der Waals surface area (Å²) in [4.78, 5) is 11.0. The minimum Gasteiger partial charge on any atom is -0.490 e. The van der Waals surface area contributed by atoms with Gasteiger partial charge in [0.15, 0.2) is 6.29 Å². The highest BCUT2D eigenvalue weighted by atomic mass is 16.6. The molecule has 0 radical (unpaired) electrons. The van der Waals surface area contributed by atoms with Crippen molar-refractivity contribution in [3.05, 3.63) is 28.3 Å². The summed E-state index contributed by atoms with van der Waals surface area (Å²) in [5.74, 6) is 0.822. The smallest absolute Gasteiger partial charge is 0.150 e. The molecule has 0 N–H and O–H groups in total. The summed E-state index contributed by atoms with van der Waals surface area (Å²) in [5, 5.41) is 0. The Hall–Kier alpha value is -1.35. The molecular weight excluding hydrogens is 204 g/mol. The van der Waals surface area contributed by atoms with Crippen LogP contribution in [0.1, 0.15) is 27.0 Å². The summed E-state index contributed by atoms with van der Waals surface area (Å²) in [5.41, 5.74) is 3.73. The number of benzene rings is 1. The molecule has 1 aromatic rings. The number of hydrogen-bond acceptors (Lipinski definition) is 3. The highest BCUT2D eigenvalue weighted by Crippen LogP contribution is 2.28. The molecule has 1 aromatic carbocycles. The summed E-state index contributed by atoms with van der Waals surface area (Å²) in [7, 11) is 0. The fourth-order valence-electron chi connectivity index (χ4n) is 1.93. The molecule has 1 atom stereocenters. The van der Waals surface area contributed by atoms with Gasteiger partial charge in [0, 0.05) is 11.1 Å². The predicted molar refractivity (Wildman–Crippen MR) is 61.3 cm³/mol. The van der Waals surface area contributed by atoms with Crippen LogP contribution < -0.4 is 4.74 Å². The topological polar surface area (TPSA) is 38.8 Å². The first-order valence-corrected chi connectivity index (χ1v) is 5.44. The number of ether oxygens (including phenoxy) is 2. The molecule has 1 fully saturated rings. The summed E-state index contributed by atoms with van der Waals surface area (Å²) in [6.45, 7) is 7.22. The van der Waals surface area contributed by atoms with E-state index in [2.05, 4.69) is 0 Å². The van der Waals surface area contributed by atoms with E-state index >= 15 is 0 Å². The number of epoxide rings is 1. The molecule has 0 saturated carbocycles. The van der Waals surface area contributed by atoms with Gasteiger partial charge >= 0.3 is 0 Å². The second-order valence-corrected chi connectivity index (χ2v) is 4.26. The molecule has 2 rings (SSSR count). The zero-order valence-electron chi connectivity index (χ0n) is 9.87. The lowest BCUT2D eigenvalue weighted by molar-refractivity contribution is 0.112. The van der Waals surface area contributed by atoms with E-state index in [-0.39, 0.29) is 6.10 Å². The van der Waals surface area contributed by atoms with E-state index in [0.29, 0.717) is 6.61 Å². The van der Waals surface area contributed by atoms with Gasteiger partial charge in [0.1, 0.15) is 18.5 Å². The minimum atomic E-state index is 0.236. The predicted octanol–water partition coefficient (Wildman–Crippen LogP) is 2.20. The molecule has 3 nitrogen and oxygen atoms in total. The Morgan fingerprint density at radius 3 is 2.69 bits per heavy atom. The Morgan fingerprint density at radius 1 is 1.44 bits per heavy atom. The van der Waals surface area contributed by atoms with Gasteiger partial charge in [-0.3, -0.25) is 4.79 Å². The summed E-state index contributed by atoms with van der Waals surface area (Å²) >= 11 is 0. The van der Waals surface area contributed by atoms with Crippen LogP contribution in [0.4, 0.5) is 0 Å². The van der Waals surface area contributed by atoms with Gasteiger partial charge in [0.2, 0.25) is 0 Å². The van der Waals surface area contributed by atoms with Crippen molar-refractivity contribution in [2.24, 2.45) is 0 Å². The van der Waals surface area contributed by atoms with Crippen LogP contribution in [0.25, 0.3) is 0 Å². The molecule has 0 spiro atoms. The number of aldehydes is 1. The van der Waals surface area contributed by atoms with Crippen LogP contribution in [0.3, 0.4) is 0 Å².